The molecule has 1 atom stereocenters. The van der Waals surface area contributed by atoms with Crippen LogP contribution in [-0.2, 0) is 6.42 Å². The van der Waals surface area contributed by atoms with Gasteiger partial charge in [-0.1, -0.05) is 0 Å². The molecule has 1 aromatic rings. The quantitative estimate of drug-likeness (QED) is 0.857. The standard InChI is InChI=1S/C16H25NO3/c1-16(2)10-11-8-14(19-3)15(20-4)9-12(11)13(17-16)6-5-7-18/h8-9,13,17-18H,5-7,10H2,1-4H3/p+1. The smallest absolute Gasteiger partial charge is 0.161 e. The lowest BCUT2D eigenvalue weighted by molar-refractivity contribution is -0.761. The predicted molar refractivity (Wildman–Crippen MR) is 78.3 cm³/mol. The lowest BCUT2D eigenvalue weighted by Crippen LogP contribution is -2.97. The lowest BCUT2D eigenvalue weighted by atomic mass is 9.82. The summed E-state index contributed by atoms with van der Waals surface area (Å²) in [5.74, 6) is 1.58. The molecule has 1 aliphatic heterocycles. The predicted octanol–water partition coefficient (Wildman–Crippen LogP) is 1.42. The molecule has 0 amide bonds. The van der Waals surface area contributed by atoms with Crippen molar-refractivity contribution in [3.63, 3.8) is 0 Å². The van der Waals surface area contributed by atoms with Gasteiger partial charge in [-0.05, 0) is 38.0 Å². The molecule has 0 bridgehead atoms. The average molecular weight is 280 g/mol. The molecule has 0 saturated heterocycles. The number of nitrogens with two attached hydrogens (primary N) is 1. The van der Waals surface area contributed by atoms with Gasteiger partial charge in [0.05, 0.1) is 19.8 Å². The highest BCUT2D eigenvalue weighted by molar-refractivity contribution is 5.49. The molecule has 0 fully saturated rings. The number of aliphatic hydroxyl groups excluding tert-OH is 1. The first kappa shape index (κ1) is 15.1. The Morgan fingerprint density at radius 3 is 2.50 bits per heavy atom. The van der Waals surface area contributed by atoms with Crippen LogP contribution in [0.1, 0.15) is 43.9 Å². The minimum absolute atomic E-state index is 0.173. The molecule has 112 valence electrons. The van der Waals surface area contributed by atoms with Crippen molar-refractivity contribution < 1.29 is 19.9 Å². The van der Waals surface area contributed by atoms with E-state index in [9.17, 15) is 0 Å². The normalized spacial score (nSPS) is 20.4. The van der Waals surface area contributed by atoms with E-state index in [1.807, 2.05) is 0 Å². The molecule has 1 unspecified atom stereocenters. The maximum Gasteiger partial charge on any atom is 0.161 e. The third-order valence-corrected chi connectivity index (χ3v) is 4.02. The van der Waals surface area contributed by atoms with Gasteiger partial charge in [0, 0.05) is 25.0 Å². The molecule has 1 aromatic carbocycles. The summed E-state index contributed by atoms with van der Waals surface area (Å²) in [7, 11) is 3.34. The molecule has 0 aromatic heterocycles. The summed E-state index contributed by atoms with van der Waals surface area (Å²) in [4.78, 5) is 0. The minimum atomic E-state index is 0.173. The summed E-state index contributed by atoms with van der Waals surface area (Å²) in [5, 5.41) is 11.5. The van der Waals surface area contributed by atoms with E-state index in [1.165, 1.54) is 11.1 Å². The van der Waals surface area contributed by atoms with Crippen LogP contribution in [0.15, 0.2) is 12.1 Å². The van der Waals surface area contributed by atoms with E-state index in [-0.39, 0.29) is 12.1 Å². The topological polar surface area (TPSA) is 55.3 Å². The summed E-state index contributed by atoms with van der Waals surface area (Å²) in [6.07, 6.45) is 2.81. The highest BCUT2D eigenvalue weighted by atomic mass is 16.5. The Labute approximate surface area is 121 Å². The van der Waals surface area contributed by atoms with Gasteiger partial charge in [0.1, 0.15) is 6.04 Å². The summed E-state index contributed by atoms with van der Waals surface area (Å²) in [6, 6.07) is 4.58. The van der Waals surface area contributed by atoms with Crippen LogP contribution >= 0.6 is 0 Å². The molecule has 4 heteroatoms. The van der Waals surface area contributed by atoms with Crippen LogP contribution in [0.5, 0.6) is 11.5 Å². The molecular weight excluding hydrogens is 254 g/mol. The minimum Gasteiger partial charge on any atom is -0.493 e. The fourth-order valence-corrected chi connectivity index (χ4v) is 3.17. The third kappa shape index (κ3) is 3.07. The number of rotatable bonds is 5. The number of hydrogen-bond acceptors (Lipinski definition) is 3. The first-order valence-corrected chi connectivity index (χ1v) is 7.22. The van der Waals surface area contributed by atoms with Crippen molar-refractivity contribution in [2.75, 3.05) is 20.8 Å². The molecule has 4 nitrogen and oxygen atoms in total. The van der Waals surface area contributed by atoms with Crippen molar-refractivity contribution >= 4 is 0 Å². The molecule has 1 heterocycles. The van der Waals surface area contributed by atoms with Gasteiger partial charge in [0.25, 0.3) is 0 Å². The zero-order valence-corrected chi connectivity index (χ0v) is 12.9. The van der Waals surface area contributed by atoms with E-state index in [0.717, 1.165) is 30.8 Å². The van der Waals surface area contributed by atoms with Crippen LogP contribution < -0.4 is 14.8 Å². The van der Waals surface area contributed by atoms with Crippen molar-refractivity contribution in [2.24, 2.45) is 0 Å². The fourth-order valence-electron chi connectivity index (χ4n) is 3.17. The number of benzene rings is 1. The van der Waals surface area contributed by atoms with E-state index in [4.69, 9.17) is 14.6 Å². The summed E-state index contributed by atoms with van der Waals surface area (Å²) < 4.78 is 10.8. The van der Waals surface area contributed by atoms with E-state index >= 15 is 0 Å². The van der Waals surface area contributed by atoms with Crippen molar-refractivity contribution in [1.82, 2.24) is 0 Å². The zero-order valence-electron chi connectivity index (χ0n) is 12.9. The summed E-state index contributed by atoms with van der Waals surface area (Å²) in [6.45, 7) is 4.77. The molecule has 0 spiro atoms. The van der Waals surface area contributed by atoms with E-state index < -0.39 is 0 Å². The Hall–Kier alpha value is -1.26. The van der Waals surface area contributed by atoms with E-state index in [1.54, 1.807) is 14.2 Å². The largest absolute Gasteiger partial charge is 0.493 e. The van der Waals surface area contributed by atoms with Crippen LogP contribution in [0.3, 0.4) is 0 Å². The van der Waals surface area contributed by atoms with Crippen LogP contribution in [0.4, 0.5) is 0 Å². The Morgan fingerprint density at radius 1 is 1.25 bits per heavy atom. The van der Waals surface area contributed by atoms with Crippen LogP contribution in [-0.4, -0.2) is 31.5 Å². The van der Waals surface area contributed by atoms with Gasteiger partial charge in [-0.3, -0.25) is 0 Å². The molecule has 2 rings (SSSR count). The Balaban J connectivity index is 2.41. The second-order valence-corrected chi connectivity index (χ2v) is 6.21. The maximum atomic E-state index is 9.10. The average Bonchev–Trinajstić information content (AvgIpc) is 2.42. The van der Waals surface area contributed by atoms with Crippen molar-refractivity contribution in [1.29, 1.82) is 0 Å². The van der Waals surface area contributed by atoms with Crippen molar-refractivity contribution in [3.8, 4) is 11.5 Å². The molecule has 0 radical (unpaired) electrons. The second-order valence-electron chi connectivity index (χ2n) is 6.21. The van der Waals surface area contributed by atoms with Crippen LogP contribution in [0.2, 0.25) is 0 Å². The highest BCUT2D eigenvalue weighted by Crippen LogP contribution is 2.36. The van der Waals surface area contributed by atoms with Gasteiger partial charge in [0.15, 0.2) is 11.5 Å². The van der Waals surface area contributed by atoms with Crippen LogP contribution in [0.25, 0.3) is 0 Å². The van der Waals surface area contributed by atoms with E-state index in [0.29, 0.717) is 6.04 Å². The number of hydrogen-bond donors (Lipinski definition) is 2. The number of fused-ring (bicyclic) bond motifs is 1. The molecule has 0 aliphatic carbocycles. The molecule has 20 heavy (non-hydrogen) atoms. The fraction of sp³-hybridized carbons (Fsp3) is 0.625. The zero-order chi connectivity index (χ0) is 14.8. The first-order valence-electron chi connectivity index (χ1n) is 7.22. The van der Waals surface area contributed by atoms with Gasteiger partial charge < -0.3 is 19.9 Å². The van der Waals surface area contributed by atoms with Gasteiger partial charge in [-0.25, -0.2) is 0 Å². The highest BCUT2D eigenvalue weighted by Gasteiger charge is 2.35. The monoisotopic (exact) mass is 280 g/mol. The lowest BCUT2D eigenvalue weighted by Gasteiger charge is -2.35. The number of ether oxygens (including phenoxy) is 2. The molecule has 1 aliphatic rings. The summed E-state index contributed by atoms with van der Waals surface area (Å²) >= 11 is 0. The summed E-state index contributed by atoms with van der Waals surface area (Å²) in [5.41, 5.74) is 2.82. The Kier molecular flexibility index (Phi) is 4.55. The maximum absolute atomic E-state index is 9.10. The van der Waals surface area contributed by atoms with Gasteiger partial charge in [-0.2, -0.15) is 0 Å². The number of methoxy groups -OCH3 is 2. The molecular formula is C16H26NO3+. The molecule has 3 N–H and O–H groups in total. The van der Waals surface area contributed by atoms with Gasteiger partial charge in [0.2, 0.25) is 0 Å². The van der Waals surface area contributed by atoms with Gasteiger partial charge >= 0.3 is 0 Å². The van der Waals surface area contributed by atoms with Crippen molar-refractivity contribution in [3.05, 3.63) is 23.3 Å². The SMILES string of the molecule is COc1cc2c(cc1OC)C(CCCO)[NH2+]C(C)(C)C2. The van der Waals surface area contributed by atoms with Gasteiger partial charge in [-0.15, -0.1) is 0 Å². The Bertz CT molecular complexity index is 471. The molecule has 0 saturated carbocycles. The van der Waals surface area contributed by atoms with Crippen molar-refractivity contribution in [2.45, 2.75) is 44.7 Å². The Morgan fingerprint density at radius 2 is 1.90 bits per heavy atom. The number of aliphatic hydroxyl groups is 1. The third-order valence-electron chi connectivity index (χ3n) is 4.02. The number of quaternary nitrogens is 1. The van der Waals surface area contributed by atoms with Crippen LogP contribution in [0, 0.1) is 0 Å². The second kappa shape index (κ2) is 6.02. The van der Waals surface area contributed by atoms with E-state index in [2.05, 4.69) is 31.3 Å². The first-order chi connectivity index (χ1) is 9.50.